The minimum absolute atomic E-state index is 0.0835. The molecule has 0 heterocycles. The summed E-state index contributed by atoms with van der Waals surface area (Å²) in [4.78, 5) is 0. The Labute approximate surface area is 198 Å². The molecule has 0 aliphatic heterocycles. The molecule has 2 aliphatic carbocycles. The van der Waals surface area contributed by atoms with Gasteiger partial charge in [0.15, 0.2) is 11.6 Å². The summed E-state index contributed by atoms with van der Waals surface area (Å²) in [6, 6.07) is 2.79. The molecule has 0 spiro atoms. The third kappa shape index (κ3) is 5.31. The van der Waals surface area contributed by atoms with Crippen LogP contribution in [0.5, 0.6) is 0 Å². The number of halogens is 6. The van der Waals surface area contributed by atoms with Crippen molar-refractivity contribution < 1.29 is 26.3 Å². The van der Waals surface area contributed by atoms with E-state index in [1.54, 1.807) is 0 Å². The fraction of sp³-hybridized carbons (Fsp3) is 0.571. The number of allylic oxidation sites excluding steroid dienone is 3. The molecule has 6 heteroatoms. The number of benzene rings is 1. The summed E-state index contributed by atoms with van der Waals surface area (Å²) in [6.07, 6.45) is 10.1. The van der Waals surface area contributed by atoms with Gasteiger partial charge in [0.05, 0.1) is 0 Å². The number of hydrogen-bond donors (Lipinski definition) is 0. The van der Waals surface area contributed by atoms with E-state index in [0.717, 1.165) is 50.5 Å². The second-order valence-corrected chi connectivity index (χ2v) is 10.3. The standard InChI is InChI=1S/C28H34F6/c1-17(2)27(31,32)28(33,34)19(4)7-10-23-15-16-24(26(30)25(23)29)22-13-11-21(12-14-22)20-8-5-18(3)6-9-20/h7,10,15-16,18,20-22H,1,4-6,8-9,11-14H2,2-3H3/b10-7+. The lowest BCUT2D eigenvalue weighted by Gasteiger charge is -2.37. The predicted octanol–water partition coefficient (Wildman–Crippen LogP) is 9.48. The molecule has 2 aliphatic rings. The van der Waals surface area contributed by atoms with Crippen molar-refractivity contribution >= 4 is 6.08 Å². The van der Waals surface area contributed by atoms with Gasteiger partial charge in [0, 0.05) is 11.1 Å². The number of alkyl halides is 4. The summed E-state index contributed by atoms with van der Waals surface area (Å²) in [5.41, 5.74) is -2.22. The lowest BCUT2D eigenvalue weighted by molar-refractivity contribution is -0.158. The van der Waals surface area contributed by atoms with Crippen LogP contribution in [0, 0.1) is 29.4 Å². The molecule has 188 valence electrons. The molecule has 34 heavy (non-hydrogen) atoms. The van der Waals surface area contributed by atoms with E-state index in [-0.39, 0.29) is 11.5 Å². The maximum absolute atomic E-state index is 14.9. The minimum atomic E-state index is -4.60. The lowest BCUT2D eigenvalue weighted by atomic mass is 9.68. The molecule has 0 atom stereocenters. The molecule has 1 aromatic rings. The monoisotopic (exact) mass is 484 g/mol. The van der Waals surface area contributed by atoms with Crippen LogP contribution in [0.15, 0.2) is 42.5 Å². The highest BCUT2D eigenvalue weighted by Crippen LogP contribution is 2.45. The van der Waals surface area contributed by atoms with E-state index in [1.807, 2.05) is 0 Å². The zero-order chi connectivity index (χ0) is 25.3. The number of hydrogen-bond acceptors (Lipinski definition) is 0. The van der Waals surface area contributed by atoms with Gasteiger partial charge in [-0.05, 0) is 80.3 Å². The molecule has 0 unspecified atom stereocenters. The summed E-state index contributed by atoms with van der Waals surface area (Å²) in [6.45, 7) is 9.00. The van der Waals surface area contributed by atoms with Gasteiger partial charge in [0.1, 0.15) is 0 Å². The van der Waals surface area contributed by atoms with E-state index in [4.69, 9.17) is 0 Å². The Morgan fingerprint density at radius 3 is 1.88 bits per heavy atom. The largest absolute Gasteiger partial charge is 0.338 e. The molecule has 1 aromatic carbocycles. The average Bonchev–Trinajstić information content (AvgIpc) is 2.80. The van der Waals surface area contributed by atoms with E-state index < -0.39 is 34.6 Å². The highest BCUT2D eigenvalue weighted by Gasteiger charge is 2.57. The smallest absolute Gasteiger partial charge is 0.203 e. The quantitative estimate of drug-likeness (QED) is 0.205. The third-order valence-electron chi connectivity index (χ3n) is 7.88. The Morgan fingerprint density at radius 2 is 1.35 bits per heavy atom. The van der Waals surface area contributed by atoms with Crippen LogP contribution in [0.1, 0.15) is 82.3 Å². The van der Waals surface area contributed by atoms with Crippen molar-refractivity contribution in [3.63, 3.8) is 0 Å². The summed E-state index contributed by atoms with van der Waals surface area (Å²) >= 11 is 0. The topological polar surface area (TPSA) is 0 Å². The third-order valence-corrected chi connectivity index (χ3v) is 7.88. The average molecular weight is 485 g/mol. The van der Waals surface area contributed by atoms with Crippen LogP contribution in [0.4, 0.5) is 26.3 Å². The number of rotatable bonds is 7. The molecular formula is C28H34F6. The Bertz CT molecular complexity index is 928. The summed E-state index contributed by atoms with van der Waals surface area (Å²) in [7, 11) is 0. The molecule has 2 saturated carbocycles. The van der Waals surface area contributed by atoms with Gasteiger partial charge < -0.3 is 0 Å². The summed E-state index contributed by atoms with van der Waals surface area (Å²) < 4.78 is 85.4. The maximum atomic E-state index is 14.9. The van der Waals surface area contributed by atoms with E-state index in [1.165, 1.54) is 37.8 Å². The fourth-order valence-corrected chi connectivity index (χ4v) is 5.45. The second kappa shape index (κ2) is 10.3. The molecule has 0 bridgehead atoms. The first-order valence-corrected chi connectivity index (χ1v) is 12.1. The van der Waals surface area contributed by atoms with Crippen molar-refractivity contribution in [3.8, 4) is 0 Å². The molecule has 0 N–H and O–H groups in total. The zero-order valence-corrected chi connectivity index (χ0v) is 20.0. The Kier molecular flexibility index (Phi) is 8.09. The van der Waals surface area contributed by atoms with E-state index in [2.05, 4.69) is 20.1 Å². The van der Waals surface area contributed by atoms with Crippen LogP contribution < -0.4 is 0 Å². The van der Waals surface area contributed by atoms with Crippen LogP contribution in [-0.4, -0.2) is 11.8 Å². The highest BCUT2D eigenvalue weighted by molar-refractivity contribution is 5.55. The highest BCUT2D eigenvalue weighted by atomic mass is 19.3. The fourth-order valence-electron chi connectivity index (χ4n) is 5.45. The zero-order valence-electron chi connectivity index (χ0n) is 20.0. The molecule has 0 radical (unpaired) electrons. The van der Waals surface area contributed by atoms with E-state index >= 15 is 0 Å². The van der Waals surface area contributed by atoms with Gasteiger partial charge in [-0.1, -0.05) is 57.2 Å². The van der Waals surface area contributed by atoms with E-state index in [9.17, 15) is 26.3 Å². The maximum Gasteiger partial charge on any atom is 0.338 e. The molecule has 0 amide bonds. The Hall–Kier alpha value is -1.98. The normalized spacial score (nSPS) is 26.6. The van der Waals surface area contributed by atoms with Gasteiger partial charge >= 0.3 is 11.8 Å². The van der Waals surface area contributed by atoms with Crippen molar-refractivity contribution in [3.05, 3.63) is 65.3 Å². The van der Waals surface area contributed by atoms with Crippen molar-refractivity contribution in [2.75, 3.05) is 0 Å². The van der Waals surface area contributed by atoms with Crippen LogP contribution >= 0.6 is 0 Å². The van der Waals surface area contributed by atoms with Crippen molar-refractivity contribution in [2.24, 2.45) is 17.8 Å². The van der Waals surface area contributed by atoms with Gasteiger partial charge in [-0.3, -0.25) is 0 Å². The predicted molar refractivity (Wildman–Crippen MR) is 125 cm³/mol. The first-order chi connectivity index (χ1) is 15.9. The van der Waals surface area contributed by atoms with Crippen molar-refractivity contribution in [1.82, 2.24) is 0 Å². The molecule has 0 nitrogen and oxygen atoms in total. The molecule has 3 rings (SSSR count). The summed E-state index contributed by atoms with van der Waals surface area (Å²) in [5, 5.41) is 0. The van der Waals surface area contributed by atoms with E-state index in [0.29, 0.717) is 17.6 Å². The first kappa shape index (κ1) is 26.6. The molecule has 0 saturated heterocycles. The van der Waals surface area contributed by atoms with Gasteiger partial charge in [0.2, 0.25) is 0 Å². The van der Waals surface area contributed by atoms with Crippen LogP contribution in [0.2, 0.25) is 0 Å². The molecule has 2 fully saturated rings. The van der Waals surface area contributed by atoms with Crippen molar-refractivity contribution in [1.29, 1.82) is 0 Å². The SMILES string of the molecule is C=C(C)C(F)(F)C(F)(F)C(=C)/C=C/c1ccc(C2CCC(C3CCC(C)CC3)CC2)c(F)c1F. The van der Waals surface area contributed by atoms with Gasteiger partial charge in [-0.25, -0.2) is 8.78 Å². The van der Waals surface area contributed by atoms with Crippen LogP contribution in [0.3, 0.4) is 0 Å². The lowest BCUT2D eigenvalue weighted by Crippen LogP contribution is -2.42. The Morgan fingerprint density at radius 1 is 0.824 bits per heavy atom. The summed E-state index contributed by atoms with van der Waals surface area (Å²) in [5.74, 6) is -9.18. The van der Waals surface area contributed by atoms with Gasteiger partial charge in [-0.15, -0.1) is 0 Å². The van der Waals surface area contributed by atoms with Crippen molar-refractivity contribution in [2.45, 2.75) is 83.0 Å². The van der Waals surface area contributed by atoms with Crippen LogP contribution in [-0.2, 0) is 0 Å². The van der Waals surface area contributed by atoms with Gasteiger partial charge in [-0.2, -0.15) is 17.6 Å². The Balaban J connectivity index is 1.67. The first-order valence-electron chi connectivity index (χ1n) is 12.1. The molecular weight excluding hydrogens is 450 g/mol. The minimum Gasteiger partial charge on any atom is -0.203 e. The van der Waals surface area contributed by atoms with Gasteiger partial charge in [0.25, 0.3) is 0 Å². The molecule has 0 aromatic heterocycles. The van der Waals surface area contributed by atoms with Crippen LogP contribution in [0.25, 0.3) is 6.08 Å². The second-order valence-electron chi connectivity index (χ2n) is 10.3.